The Kier molecular flexibility index (Phi) is 6.81. The lowest BCUT2D eigenvalue weighted by molar-refractivity contribution is -0.126. The first-order valence-corrected chi connectivity index (χ1v) is 10.9. The normalized spacial score (nSPS) is 20.0. The fraction of sp³-hybridized carbons (Fsp3) is 0.417. The minimum absolute atomic E-state index is 0.00738. The SMILES string of the molecule is O=C(NCc1ccc(CN2CCC(O)CC2)cc1)C1CC(=O)N(c2cc(F)cc(F)c2)C1. The van der Waals surface area contributed by atoms with Gasteiger partial charge in [0.05, 0.1) is 12.0 Å². The van der Waals surface area contributed by atoms with Crippen LogP contribution in [0.4, 0.5) is 14.5 Å². The first kappa shape index (κ1) is 22.4. The van der Waals surface area contributed by atoms with Gasteiger partial charge in [-0.25, -0.2) is 8.78 Å². The Morgan fingerprint density at radius 3 is 2.31 bits per heavy atom. The van der Waals surface area contributed by atoms with Crippen molar-refractivity contribution in [3.8, 4) is 0 Å². The van der Waals surface area contributed by atoms with Crippen LogP contribution >= 0.6 is 0 Å². The maximum Gasteiger partial charge on any atom is 0.227 e. The van der Waals surface area contributed by atoms with Gasteiger partial charge in [-0.05, 0) is 36.1 Å². The highest BCUT2D eigenvalue weighted by Crippen LogP contribution is 2.26. The second-order valence-corrected chi connectivity index (χ2v) is 8.57. The van der Waals surface area contributed by atoms with Crippen molar-refractivity contribution >= 4 is 17.5 Å². The Hall–Kier alpha value is -2.84. The Balaban J connectivity index is 1.28. The first-order valence-electron chi connectivity index (χ1n) is 10.9. The van der Waals surface area contributed by atoms with Crippen LogP contribution in [0.1, 0.15) is 30.4 Å². The molecule has 2 fully saturated rings. The third kappa shape index (κ3) is 5.49. The number of rotatable bonds is 6. The molecule has 0 radical (unpaired) electrons. The summed E-state index contributed by atoms with van der Waals surface area (Å²) >= 11 is 0. The number of aliphatic hydroxyl groups is 1. The monoisotopic (exact) mass is 443 g/mol. The molecule has 0 aromatic heterocycles. The maximum absolute atomic E-state index is 13.5. The van der Waals surface area contributed by atoms with Crippen LogP contribution in [0, 0.1) is 17.6 Å². The van der Waals surface area contributed by atoms with Gasteiger partial charge in [0.15, 0.2) is 0 Å². The van der Waals surface area contributed by atoms with E-state index in [1.807, 2.05) is 24.3 Å². The van der Waals surface area contributed by atoms with Crippen molar-refractivity contribution in [2.45, 2.75) is 38.5 Å². The smallest absolute Gasteiger partial charge is 0.227 e. The molecule has 2 heterocycles. The van der Waals surface area contributed by atoms with Gasteiger partial charge >= 0.3 is 0 Å². The highest BCUT2D eigenvalue weighted by Gasteiger charge is 2.35. The highest BCUT2D eigenvalue weighted by molar-refractivity contribution is 6.00. The second kappa shape index (κ2) is 9.75. The summed E-state index contributed by atoms with van der Waals surface area (Å²) in [6.45, 7) is 3.04. The van der Waals surface area contributed by atoms with Gasteiger partial charge in [0.2, 0.25) is 11.8 Å². The van der Waals surface area contributed by atoms with Crippen LogP contribution in [0.3, 0.4) is 0 Å². The lowest BCUT2D eigenvalue weighted by Gasteiger charge is -2.29. The molecule has 1 unspecified atom stereocenters. The number of hydrogen-bond acceptors (Lipinski definition) is 4. The number of aliphatic hydroxyl groups excluding tert-OH is 1. The lowest BCUT2D eigenvalue weighted by atomic mass is 10.1. The van der Waals surface area contributed by atoms with E-state index in [1.165, 1.54) is 10.5 Å². The van der Waals surface area contributed by atoms with Gasteiger partial charge in [-0.1, -0.05) is 24.3 Å². The number of carbonyl (C=O) groups is 2. The van der Waals surface area contributed by atoms with Crippen molar-refractivity contribution in [3.05, 3.63) is 65.2 Å². The summed E-state index contributed by atoms with van der Waals surface area (Å²) in [5.74, 6) is -2.68. The van der Waals surface area contributed by atoms with Crippen molar-refractivity contribution in [1.29, 1.82) is 0 Å². The minimum atomic E-state index is -0.762. The fourth-order valence-corrected chi connectivity index (χ4v) is 4.26. The minimum Gasteiger partial charge on any atom is -0.393 e. The molecule has 0 saturated carbocycles. The maximum atomic E-state index is 13.5. The number of likely N-dealkylation sites (tertiary alicyclic amines) is 1. The molecule has 2 amide bonds. The third-order valence-electron chi connectivity index (χ3n) is 6.11. The molecule has 1 atom stereocenters. The number of anilines is 1. The number of piperidine rings is 1. The average Bonchev–Trinajstić information content (AvgIpc) is 3.16. The molecule has 170 valence electrons. The van der Waals surface area contributed by atoms with E-state index in [9.17, 15) is 23.5 Å². The van der Waals surface area contributed by atoms with Crippen LogP contribution in [0.5, 0.6) is 0 Å². The summed E-state index contributed by atoms with van der Waals surface area (Å²) in [5.41, 5.74) is 2.25. The van der Waals surface area contributed by atoms with Crippen LogP contribution < -0.4 is 10.2 Å². The van der Waals surface area contributed by atoms with E-state index in [2.05, 4.69) is 10.2 Å². The standard InChI is InChI=1S/C24H27F2N3O3/c25-19-10-20(26)12-21(11-19)29-15-18(9-23(29)31)24(32)27-13-16-1-3-17(4-2-16)14-28-7-5-22(30)6-8-28/h1-4,10-12,18,22,30H,5-9,13-15H2,(H,27,32). The van der Waals surface area contributed by atoms with Gasteiger partial charge in [0.25, 0.3) is 0 Å². The summed E-state index contributed by atoms with van der Waals surface area (Å²) in [4.78, 5) is 28.4. The van der Waals surface area contributed by atoms with Gasteiger partial charge in [0.1, 0.15) is 11.6 Å². The van der Waals surface area contributed by atoms with Gasteiger partial charge in [-0.15, -0.1) is 0 Å². The number of halogens is 2. The van der Waals surface area contributed by atoms with E-state index in [1.54, 1.807) is 0 Å². The number of carbonyl (C=O) groups excluding carboxylic acids is 2. The average molecular weight is 443 g/mol. The van der Waals surface area contributed by atoms with E-state index in [4.69, 9.17) is 0 Å². The molecule has 2 aromatic rings. The summed E-state index contributed by atoms with van der Waals surface area (Å²) in [5, 5.41) is 12.5. The van der Waals surface area contributed by atoms with E-state index in [0.29, 0.717) is 6.54 Å². The Morgan fingerprint density at radius 1 is 1.03 bits per heavy atom. The Bertz CT molecular complexity index is 955. The van der Waals surface area contributed by atoms with Crippen molar-refractivity contribution < 1.29 is 23.5 Å². The van der Waals surface area contributed by atoms with Gasteiger partial charge in [-0.2, -0.15) is 0 Å². The number of nitrogens with one attached hydrogen (secondary N) is 1. The molecular weight excluding hydrogens is 416 g/mol. The highest BCUT2D eigenvalue weighted by atomic mass is 19.1. The number of hydrogen-bond donors (Lipinski definition) is 2. The molecule has 32 heavy (non-hydrogen) atoms. The topological polar surface area (TPSA) is 72.9 Å². The molecule has 8 heteroatoms. The Labute approximate surface area is 185 Å². The van der Waals surface area contributed by atoms with Crippen molar-refractivity contribution in [3.63, 3.8) is 0 Å². The molecule has 2 N–H and O–H groups in total. The quantitative estimate of drug-likeness (QED) is 0.720. The molecule has 0 spiro atoms. The fourth-order valence-electron chi connectivity index (χ4n) is 4.26. The summed E-state index contributed by atoms with van der Waals surface area (Å²) in [6, 6.07) is 10.9. The zero-order valence-corrected chi connectivity index (χ0v) is 17.8. The van der Waals surface area contributed by atoms with Crippen LogP contribution in [0.2, 0.25) is 0 Å². The number of amides is 2. The second-order valence-electron chi connectivity index (χ2n) is 8.57. The van der Waals surface area contributed by atoms with E-state index < -0.39 is 17.6 Å². The summed E-state index contributed by atoms with van der Waals surface area (Å²) in [6.07, 6.45) is 1.43. The molecule has 0 bridgehead atoms. The number of benzene rings is 2. The van der Waals surface area contributed by atoms with Gasteiger partial charge in [0, 0.05) is 50.9 Å². The largest absolute Gasteiger partial charge is 0.393 e. The van der Waals surface area contributed by atoms with Crippen LogP contribution in [-0.4, -0.2) is 47.6 Å². The lowest BCUT2D eigenvalue weighted by Crippen LogP contribution is -2.35. The van der Waals surface area contributed by atoms with Crippen molar-refractivity contribution in [2.75, 3.05) is 24.5 Å². The number of nitrogens with zero attached hydrogens (tertiary/aromatic N) is 2. The first-order chi connectivity index (χ1) is 15.4. The summed E-state index contributed by atoms with van der Waals surface area (Å²) < 4.78 is 27.0. The van der Waals surface area contributed by atoms with Crippen LogP contribution in [-0.2, 0) is 22.7 Å². The van der Waals surface area contributed by atoms with E-state index >= 15 is 0 Å². The molecular formula is C24H27F2N3O3. The molecule has 6 nitrogen and oxygen atoms in total. The van der Waals surface area contributed by atoms with Gasteiger partial charge in [-0.3, -0.25) is 14.5 Å². The van der Waals surface area contributed by atoms with E-state index in [-0.39, 0.29) is 36.6 Å². The van der Waals surface area contributed by atoms with E-state index in [0.717, 1.165) is 56.2 Å². The third-order valence-corrected chi connectivity index (χ3v) is 6.11. The summed E-state index contributed by atoms with van der Waals surface area (Å²) in [7, 11) is 0. The molecule has 4 rings (SSSR count). The molecule has 2 aliphatic heterocycles. The molecule has 2 saturated heterocycles. The van der Waals surface area contributed by atoms with Crippen LogP contribution in [0.15, 0.2) is 42.5 Å². The zero-order chi connectivity index (χ0) is 22.7. The molecule has 0 aliphatic carbocycles. The Morgan fingerprint density at radius 2 is 1.66 bits per heavy atom. The van der Waals surface area contributed by atoms with Crippen LogP contribution in [0.25, 0.3) is 0 Å². The molecule has 2 aliphatic rings. The predicted molar refractivity (Wildman–Crippen MR) is 116 cm³/mol. The van der Waals surface area contributed by atoms with Gasteiger partial charge < -0.3 is 15.3 Å². The van der Waals surface area contributed by atoms with Crippen molar-refractivity contribution in [1.82, 2.24) is 10.2 Å². The predicted octanol–water partition coefficient (Wildman–Crippen LogP) is 2.59. The van der Waals surface area contributed by atoms with Crippen molar-refractivity contribution in [2.24, 2.45) is 5.92 Å². The molecule has 2 aromatic carbocycles. The zero-order valence-electron chi connectivity index (χ0n) is 17.8.